The van der Waals surface area contributed by atoms with Crippen LogP contribution in [0.1, 0.15) is 24.1 Å². The summed E-state index contributed by atoms with van der Waals surface area (Å²) in [6, 6.07) is 8.37. The highest BCUT2D eigenvalue weighted by Gasteiger charge is 2.25. The second-order valence-corrected chi connectivity index (χ2v) is 6.34. The van der Waals surface area contributed by atoms with Gasteiger partial charge in [0.2, 0.25) is 5.91 Å². The highest BCUT2D eigenvalue weighted by molar-refractivity contribution is 5.85. The van der Waals surface area contributed by atoms with Crippen LogP contribution in [-0.2, 0) is 18.3 Å². The molecule has 26 heavy (non-hydrogen) atoms. The molecule has 0 aliphatic carbocycles. The quantitative estimate of drug-likeness (QED) is 0.780. The number of nitrogens with one attached hydrogen (secondary N) is 2. The van der Waals surface area contributed by atoms with Crippen molar-refractivity contribution in [3.05, 3.63) is 47.8 Å². The summed E-state index contributed by atoms with van der Waals surface area (Å²) in [5.74, 6) is -0.0233. The first-order valence-electron chi connectivity index (χ1n) is 8.38. The molecule has 2 unspecified atom stereocenters. The number of hydrogen-bond donors (Lipinski definition) is 2. The average molecular weight is 400 g/mol. The van der Waals surface area contributed by atoms with E-state index < -0.39 is 0 Å². The van der Waals surface area contributed by atoms with Gasteiger partial charge in [-0.05, 0) is 32.0 Å². The van der Waals surface area contributed by atoms with Gasteiger partial charge in [0.05, 0.1) is 6.20 Å². The van der Waals surface area contributed by atoms with Crippen molar-refractivity contribution in [3.63, 3.8) is 0 Å². The van der Waals surface area contributed by atoms with Crippen molar-refractivity contribution in [2.24, 2.45) is 7.05 Å². The van der Waals surface area contributed by atoms with Gasteiger partial charge in [-0.1, -0.05) is 18.2 Å². The second-order valence-electron chi connectivity index (χ2n) is 6.34. The Kier molecular flexibility index (Phi) is 8.40. The van der Waals surface area contributed by atoms with Crippen LogP contribution in [0.2, 0.25) is 0 Å². The van der Waals surface area contributed by atoms with Gasteiger partial charge in [0.25, 0.3) is 0 Å². The van der Waals surface area contributed by atoms with Gasteiger partial charge < -0.3 is 15.5 Å². The molecule has 8 heteroatoms. The van der Waals surface area contributed by atoms with Crippen molar-refractivity contribution in [1.29, 1.82) is 0 Å². The maximum atomic E-state index is 12.5. The van der Waals surface area contributed by atoms with E-state index >= 15 is 0 Å². The van der Waals surface area contributed by atoms with Crippen LogP contribution in [0.5, 0.6) is 0 Å². The van der Waals surface area contributed by atoms with Crippen molar-refractivity contribution in [2.75, 3.05) is 25.0 Å². The smallest absolute Gasteiger partial charge is 0.241 e. The van der Waals surface area contributed by atoms with Gasteiger partial charge in [-0.3, -0.25) is 9.48 Å². The van der Waals surface area contributed by atoms with Crippen LogP contribution in [0.25, 0.3) is 0 Å². The molecular formula is C18H27Cl2N5O. The molecule has 2 N–H and O–H groups in total. The molecule has 6 nitrogen and oxygen atoms in total. The molecule has 1 aromatic heterocycles. The summed E-state index contributed by atoms with van der Waals surface area (Å²) in [5, 5.41) is 10.3. The number of halogens is 2. The molecule has 0 fully saturated rings. The van der Waals surface area contributed by atoms with Gasteiger partial charge >= 0.3 is 0 Å². The van der Waals surface area contributed by atoms with Crippen molar-refractivity contribution in [1.82, 2.24) is 20.4 Å². The number of rotatable bonds is 6. The van der Waals surface area contributed by atoms with E-state index in [1.807, 2.05) is 13.2 Å². The average Bonchev–Trinajstić information content (AvgIpc) is 3.20. The van der Waals surface area contributed by atoms with Crippen LogP contribution >= 0.6 is 24.8 Å². The highest BCUT2D eigenvalue weighted by atomic mass is 35.5. The van der Waals surface area contributed by atoms with Gasteiger partial charge in [0.15, 0.2) is 0 Å². The molecule has 1 aliphatic heterocycles. The predicted octanol–water partition coefficient (Wildman–Crippen LogP) is 2.09. The fourth-order valence-electron chi connectivity index (χ4n) is 3.32. The number of carbonyl (C=O) groups is 1. The zero-order valence-electron chi connectivity index (χ0n) is 15.3. The number of nitrogens with zero attached hydrogens (tertiary/aromatic N) is 3. The van der Waals surface area contributed by atoms with E-state index in [0.29, 0.717) is 6.54 Å². The number of aryl methyl sites for hydroxylation is 1. The van der Waals surface area contributed by atoms with Gasteiger partial charge in [-0.2, -0.15) is 5.10 Å². The number of amides is 1. The minimum absolute atomic E-state index is 0. The normalized spacial score (nSPS) is 14.7. The van der Waals surface area contributed by atoms with Crippen LogP contribution in [-0.4, -0.2) is 41.9 Å². The van der Waals surface area contributed by atoms with Crippen LogP contribution in [0.3, 0.4) is 0 Å². The number of aromatic nitrogens is 2. The molecule has 0 saturated carbocycles. The lowest BCUT2D eigenvalue weighted by atomic mass is 10.1. The van der Waals surface area contributed by atoms with Crippen LogP contribution < -0.4 is 15.5 Å². The predicted molar refractivity (Wildman–Crippen MR) is 109 cm³/mol. The molecule has 1 amide bonds. The Bertz CT molecular complexity index is 721. The summed E-state index contributed by atoms with van der Waals surface area (Å²) in [6.07, 6.45) is 4.66. The Morgan fingerprint density at radius 2 is 2.04 bits per heavy atom. The van der Waals surface area contributed by atoms with E-state index in [-0.39, 0.29) is 42.8 Å². The molecule has 2 atom stereocenters. The molecule has 1 aromatic carbocycles. The molecule has 144 valence electrons. The minimum atomic E-state index is -0.378. The Hall–Kier alpha value is -1.76. The van der Waals surface area contributed by atoms with Gasteiger partial charge in [-0.15, -0.1) is 24.8 Å². The summed E-state index contributed by atoms with van der Waals surface area (Å²) < 4.78 is 1.71. The lowest BCUT2D eigenvalue weighted by Gasteiger charge is -2.28. The second kappa shape index (κ2) is 9.80. The molecular weight excluding hydrogens is 373 g/mol. The lowest BCUT2D eigenvalue weighted by molar-refractivity contribution is -0.123. The maximum absolute atomic E-state index is 12.5. The monoisotopic (exact) mass is 399 g/mol. The van der Waals surface area contributed by atoms with Crippen LogP contribution in [0.4, 0.5) is 5.69 Å². The van der Waals surface area contributed by atoms with Crippen molar-refractivity contribution in [2.45, 2.75) is 25.4 Å². The third-order valence-corrected chi connectivity index (χ3v) is 4.64. The molecule has 0 bridgehead atoms. The SMILES string of the molecule is CNC(C(=O)NCC(C)N1CCc2ccccc21)c1cnn(C)c1.Cl.Cl. The number of hydrogen-bond acceptors (Lipinski definition) is 4. The number of para-hydroxylation sites is 1. The van der Waals surface area contributed by atoms with Gasteiger partial charge in [0.1, 0.15) is 6.04 Å². The number of likely N-dealkylation sites (N-methyl/N-ethyl adjacent to an activating group) is 1. The fraction of sp³-hybridized carbons (Fsp3) is 0.444. The summed E-state index contributed by atoms with van der Waals surface area (Å²) in [6.45, 7) is 3.78. The molecule has 1 aliphatic rings. The molecule has 0 saturated heterocycles. The Morgan fingerprint density at radius 3 is 2.69 bits per heavy atom. The third kappa shape index (κ3) is 4.69. The molecule has 0 radical (unpaired) electrons. The molecule has 2 aromatic rings. The maximum Gasteiger partial charge on any atom is 0.241 e. The number of fused-ring (bicyclic) bond motifs is 1. The van der Waals surface area contributed by atoms with E-state index in [2.05, 4.69) is 51.8 Å². The standard InChI is InChI=1S/C18H25N5O.2ClH/c1-13(23-9-8-14-6-4-5-7-16(14)23)10-20-18(24)17(19-2)15-11-21-22(3)12-15;;/h4-7,11-13,17,19H,8-10H2,1-3H3,(H,20,24);2*1H. The van der Waals surface area contributed by atoms with Gasteiger partial charge in [0, 0.05) is 43.6 Å². The number of carbonyl (C=O) groups excluding carboxylic acids is 1. The van der Waals surface area contributed by atoms with Crippen molar-refractivity contribution >= 4 is 36.4 Å². The first-order chi connectivity index (χ1) is 11.6. The van der Waals surface area contributed by atoms with Crippen LogP contribution in [0.15, 0.2) is 36.7 Å². The van der Waals surface area contributed by atoms with E-state index in [1.165, 1.54) is 11.3 Å². The fourth-order valence-corrected chi connectivity index (χ4v) is 3.32. The number of anilines is 1. The van der Waals surface area contributed by atoms with E-state index in [1.54, 1.807) is 17.9 Å². The van der Waals surface area contributed by atoms with E-state index in [0.717, 1.165) is 18.5 Å². The first kappa shape index (κ1) is 22.3. The Morgan fingerprint density at radius 1 is 1.31 bits per heavy atom. The summed E-state index contributed by atoms with van der Waals surface area (Å²) in [4.78, 5) is 14.9. The molecule has 3 rings (SSSR count). The topological polar surface area (TPSA) is 62.2 Å². The minimum Gasteiger partial charge on any atom is -0.366 e. The zero-order valence-corrected chi connectivity index (χ0v) is 16.9. The third-order valence-electron chi connectivity index (χ3n) is 4.64. The first-order valence-corrected chi connectivity index (χ1v) is 8.38. The summed E-state index contributed by atoms with van der Waals surface area (Å²) >= 11 is 0. The lowest BCUT2D eigenvalue weighted by Crippen LogP contribution is -2.44. The Balaban J connectivity index is 0.00000169. The molecule has 2 heterocycles. The van der Waals surface area contributed by atoms with Crippen molar-refractivity contribution in [3.8, 4) is 0 Å². The van der Waals surface area contributed by atoms with Crippen molar-refractivity contribution < 1.29 is 4.79 Å². The Labute approximate surface area is 167 Å². The zero-order chi connectivity index (χ0) is 17.1. The molecule has 0 spiro atoms. The number of benzene rings is 1. The van der Waals surface area contributed by atoms with Crippen LogP contribution in [0, 0.1) is 0 Å². The summed E-state index contributed by atoms with van der Waals surface area (Å²) in [7, 11) is 3.64. The highest BCUT2D eigenvalue weighted by Crippen LogP contribution is 2.28. The largest absolute Gasteiger partial charge is 0.366 e. The summed E-state index contributed by atoms with van der Waals surface area (Å²) in [5.41, 5.74) is 3.55. The van der Waals surface area contributed by atoms with Gasteiger partial charge in [-0.25, -0.2) is 0 Å². The van der Waals surface area contributed by atoms with E-state index in [9.17, 15) is 4.79 Å². The van der Waals surface area contributed by atoms with E-state index in [4.69, 9.17) is 0 Å².